The Morgan fingerprint density at radius 1 is 1.35 bits per heavy atom. The number of rotatable bonds is 4. The smallest absolute Gasteiger partial charge is 0.416 e. The van der Waals surface area contributed by atoms with Crippen molar-refractivity contribution in [1.29, 1.82) is 0 Å². The first-order valence-corrected chi connectivity index (χ1v) is 6.33. The molecule has 0 aliphatic carbocycles. The van der Waals surface area contributed by atoms with Crippen molar-refractivity contribution in [3.63, 3.8) is 0 Å². The van der Waals surface area contributed by atoms with Crippen LogP contribution in [0.2, 0.25) is 0 Å². The summed E-state index contributed by atoms with van der Waals surface area (Å²) in [6.45, 7) is -0.127. The first-order chi connectivity index (χ1) is 9.39. The Kier molecular flexibility index (Phi) is 3.93. The molecule has 0 spiro atoms. The molecule has 1 heterocycles. The zero-order valence-corrected chi connectivity index (χ0v) is 10.8. The van der Waals surface area contributed by atoms with E-state index < -0.39 is 17.7 Å². The molecule has 2 N–H and O–H groups in total. The fourth-order valence-electron chi connectivity index (χ4n) is 1.65. The van der Waals surface area contributed by atoms with Gasteiger partial charge in [0.1, 0.15) is 5.00 Å². The van der Waals surface area contributed by atoms with Gasteiger partial charge in [-0.1, -0.05) is 18.2 Å². The van der Waals surface area contributed by atoms with E-state index in [1.807, 2.05) is 0 Å². The first kappa shape index (κ1) is 14.3. The normalized spacial score (nSPS) is 11.3. The second-order valence-electron chi connectivity index (χ2n) is 3.84. The molecule has 0 unspecified atom stereocenters. The molecular formula is C12H9F3N2O2S. The summed E-state index contributed by atoms with van der Waals surface area (Å²) in [6, 6.07) is 5.14. The molecule has 8 heteroatoms. The number of halogens is 3. The van der Waals surface area contributed by atoms with Crippen molar-refractivity contribution in [3.05, 3.63) is 46.6 Å². The monoisotopic (exact) mass is 302 g/mol. The summed E-state index contributed by atoms with van der Waals surface area (Å²) in [7, 11) is 0. The number of carbonyl (C=O) groups is 1. The number of carboxylic acid groups (broad SMARTS) is 1. The summed E-state index contributed by atoms with van der Waals surface area (Å²) < 4.78 is 38.4. The Hall–Kier alpha value is -2.09. The minimum atomic E-state index is -4.44. The van der Waals surface area contributed by atoms with Gasteiger partial charge < -0.3 is 10.4 Å². The zero-order valence-electron chi connectivity index (χ0n) is 9.94. The number of aromatic carboxylic acids is 1. The van der Waals surface area contributed by atoms with E-state index in [-0.39, 0.29) is 22.8 Å². The van der Waals surface area contributed by atoms with E-state index in [9.17, 15) is 18.0 Å². The lowest BCUT2D eigenvalue weighted by Crippen LogP contribution is -2.12. The molecule has 0 saturated heterocycles. The van der Waals surface area contributed by atoms with E-state index in [2.05, 4.69) is 10.3 Å². The number of benzene rings is 1. The molecule has 106 valence electrons. The van der Waals surface area contributed by atoms with Gasteiger partial charge in [-0.3, -0.25) is 0 Å². The van der Waals surface area contributed by atoms with E-state index in [0.29, 0.717) is 0 Å². The molecule has 0 aliphatic rings. The Morgan fingerprint density at radius 2 is 2.05 bits per heavy atom. The predicted molar refractivity (Wildman–Crippen MR) is 67.8 cm³/mol. The van der Waals surface area contributed by atoms with Gasteiger partial charge in [-0.05, 0) is 11.6 Å². The molecule has 2 rings (SSSR count). The van der Waals surface area contributed by atoms with Crippen LogP contribution in [0.25, 0.3) is 0 Å². The molecule has 0 fully saturated rings. The fourth-order valence-corrected chi connectivity index (χ4v) is 2.32. The Labute approximate surface area is 115 Å². The molecule has 0 aliphatic heterocycles. The van der Waals surface area contributed by atoms with Crippen molar-refractivity contribution in [3.8, 4) is 0 Å². The van der Waals surface area contributed by atoms with Crippen LogP contribution in [0.1, 0.15) is 21.6 Å². The molecule has 0 bridgehead atoms. The highest BCUT2D eigenvalue weighted by Crippen LogP contribution is 2.32. The van der Waals surface area contributed by atoms with E-state index in [0.717, 1.165) is 17.4 Å². The van der Waals surface area contributed by atoms with Gasteiger partial charge in [0, 0.05) is 6.54 Å². The summed E-state index contributed by atoms with van der Waals surface area (Å²) in [5.74, 6) is -1.22. The molecule has 2 aromatic rings. The number of aromatic nitrogens is 1. The second-order valence-corrected chi connectivity index (χ2v) is 4.70. The highest BCUT2D eigenvalue weighted by molar-refractivity contribution is 7.14. The first-order valence-electron chi connectivity index (χ1n) is 5.45. The van der Waals surface area contributed by atoms with Crippen LogP contribution in [0.3, 0.4) is 0 Å². The maximum absolute atomic E-state index is 12.8. The Morgan fingerprint density at radius 3 is 2.70 bits per heavy atom. The predicted octanol–water partition coefficient (Wildman–Crippen LogP) is 3.47. The summed E-state index contributed by atoms with van der Waals surface area (Å²) in [5.41, 5.74) is 0.430. The van der Waals surface area contributed by atoms with Gasteiger partial charge >= 0.3 is 12.1 Å². The minimum absolute atomic E-state index is 0.0461. The van der Waals surface area contributed by atoms with Gasteiger partial charge in [0.25, 0.3) is 0 Å². The maximum Gasteiger partial charge on any atom is 0.416 e. The van der Waals surface area contributed by atoms with Crippen LogP contribution in [0, 0.1) is 0 Å². The number of hydrogen-bond acceptors (Lipinski definition) is 4. The van der Waals surface area contributed by atoms with E-state index in [4.69, 9.17) is 5.11 Å². The van der Waals surface area contributed by atoms with Crippen LogP contribution in [0.15, 0.2) is 29.8 Å². The fraction of sp³-hybridized carbons (Fsp3) is 0.167. The van der Waals surface area contributed by atoms with Gasteiger partial charge in [-0.25, -0.2) is 9.78 Å². The van der Waals surface area contributed by atoms with Gasteiger partial charge in [0.15, 0.2) is 5.69 Å². The molecule has 1 aromatic carbocycles. The van der Waals surface area contributed by atoms with Crippen LogP contribution in [-0.2, 0) is 12.7 Å². The van der Waals surface area contributed by atoms with E-state index >= 15 is 0 Å². The number of nitrogens with one attached hydrogen (secondary N) is 1. The van der Waals surface area contributed by atoms with E-state index in [1.165, 1.54) is 23.7 Å². The van der Waals surface area contributed by atoms with E-state index in [1.54, 1.807) is 0 Å². The van der Waals surface area contributed by atoms with Crippen molar-refractivity contribution in [1.82, 2.24) is 4.98 Å². The standard InChI is InChI=1S/C12H9F3N2O2S/c13-12(14,15)8-4-2-1-3-7(8)5-16-10-9(11(18)19)17-6-20-10/h1-4,6,16H,5H2,(H,18,19). The molecule has 0 saturated carbocycles. The number of nitrogens with zero attached hydrogens (tertiary/aromatic N) is 1. The van der Waals surface area contributed by atoms with Crippen LogP contribution in [-0.4, -0.2) is 16.1 Å². The molecule has 4 nitrogen and oxygen atoms in total. The third-order valence-corrected chi connectivity index (χ3v) is 3.32. The SMILES string of the molecule is O=C(O)c1ncsc1NCc1ccccc1C(F)(F)F. The van der Waals surface area contributed by atoms with Crippen LogP contribution in [0.5, 0.6) is 0 Å². The molecule has 0 amide bonds. The lowest BCUT2D eigenvalue weighted by Gasteiger charge is -2.13. The molecule has 0 atom stereocenters. The summed E-state index contributed by atoms with van der Waals surface area (Å²) >= 11 is 1.03. The van der Waals surface area contributed by atoms with Gasteiger partial charge in [0.2, 0.25) is 0 Å². The van der Waals surface area contributed by atoms with Gasteiger partial charge in [-0.15, -0.1) is 11.3 Å². The lowest BCUT2D eigenvalue weighted by atomic mass is 10.1. The summed E-state index contributed by atoms with van der Waals surface area (Å²) in [5, 5.41) is 11.8. The van der Waals surface area contributed by atoms with Crippen molar-refractivity contribution in [2.75, 3.05) is 5.32 Å². The van der Waals surface area contributed by atoms with Gasteiger partial charge in [0.05, 0.1) is 11.1 Å². The Balaban J connectivity index is 2.20. The van der Waals surface area contributed by atoms with Crippen molar-refractivity contribution < 1.29 is 23.1 Å². The number of alkyl halides is 3. The van der Waals surface area contributed by atoms with Crippen LogP contribution >= 0.6 is 11.3 Å². The lowest BCUT2D eigenvalue weighted by molar-refractivity contribution is -0.138. The zero-order chi connectivity index (χ0) is 14.8. The Bertz CT molecular complexity index is 625. The molecular weight excluding hydrogens is 293 g/mol. The number of hydrogen-bond donors (Lipinski definition) is 2. The van der Waals surface area contributed by atoms with Crippen molar-refractivity contribution in [2.45, 2.75) is 12.7 Å². The third kappa shape index (κ3) is 3.08. The largest absolute Gasteiger partial charge is 0.476 e. The molecule has 0 radical (unpaired) electrons. The van der Waals surface area contributed by atoms with Crippen molar-refractivity contribution >= 4 is 22.3 Å². The average molecular weight is 302 g/mol. The number of carboxylic acids is 1. The van der Waals surface area contributed by atoms with Gasteiger partial charge in [-0.2, -0.15) is 13.2 Å². The minimum Gasteiger partial charge on any atom is -0.476 e. The van der Waals surface area contributed by atoms with Crippen molar-refractivity contribution in [2.24, 2.45) is 0 Å². The number of thiazole rings is 1. The summed E-state index contributed by atoms with van der Waals surface area (Å²) in [6.07, 6.45) is -4.44. The summed E-state index contributed by atoms with van der Waals surface area (Å²) in [4.78, 5) is 14.5. The highest BCUT2D eigenvalue weighted by Gasteiger charge is 2.32. The quantitative estimate of drug-likeness (QED) is 0.907. The topological polar surface area (TPSA) is 62.2 Å². The maximum atomic E-state index is 12.8. The number of anilines is 1. The van der Waals surface area contributed by atoms with Crippen LogP contribution in [0.4, 0.5) is 18.2 Å². The molecule has 1 aromatic heterocycles. The average Bonchev–Trinajstić information content (AvgIpc) is 2.84. The van der Waals surface area contributed by atoms with Crippen LogP contribution < -0.4 is 5.32 Å². The second kappa shape index (κ2) is 5.49. The third-order valence-electron chi connectivity index (χ3n) is 2.53. The molecule has 20 heavy (non-hydrogen) atoms. The highest BCUT2D eigenvalue weighted by atomic mass is 32.1.